The van der Waals surface area contributed by atoms with Crippen molar-refractivity contribution < 1.29 is 9.90 Å². The maximum Gasteiger partial charge on any atom is 0.336 e. The van der Waals surface area contributed by atoms with Crippen LogP contribution in [0.15, 0.2) is 22.7 Å². The monoisotopic (exact) mass is 292 g/mol. The lowest BCUT2D eigenvalue weighted by Gasteiger charge is -2.02. The van der Waals surface area contributed by atoms with E-state index in [2.05, 4.69) is 31.9 Å². The van der Waals surface area contributed by atoms with Gasteiger partial charge in [-0.05, 0) is 27.6 Å². The average molecular weight is 294 g/mol. The van der Waals surface area contributed by atoms with E-state index in [4.69, 9.17) is 5.11 Å². The Labute approximate surface area is 86.9 Å². The molecule has 0 atom stereocenters. The van der Waals surface area contributed by atoms with Gasteiger partial charge >= 0.3 is 5.97 Å². The van der Waals surface area contributed by atoms with Crippen molar-refractivity contribution in [1.82, 2.24) is 0 Å². The van der Waals surface area contributed by atoms with Crippen LogP contribution in [0.25, 0.3) is 0 Å². The third kappa shape index (κ3) is 1.87. The predicted molar refractivity (Wildman–Crippen MR) is 53.7 cm³/mol. The predicted octanol–water partition coefficient (Wildman–Crippen LogP) is 3.04. The van der Waals surface area contributed by atoms with Crippen molar-refractivity contribution in [2.45, 2.75) is 5.33 Å². The van der Waals surface area contributed by atoms with Gasteiger partial charge in [0.15, 0.2) is 0 Å². The van der Waals surface area contributed by atoms with E-state index in [9.17, 15) is 4.79 Å². The molecule has 0 amide bonds. The number of alkyl halides is 1. The second-order valence-electron chi connectivity index (χ2n) is 2.22. The Morgan fingerprint density at radius 1 is 1.50 bits per heavy atom. The molecule has 1 aromatic carbocycles. The van der Waals surface area contributed by atoms with Gasteiger partial charge < -0.3 is 5.11 Å². The molecule has 0 saturated carbocycles. The lowest BCUT2D eigenvalue weighted by molar-refractivity contribution is 0.0696. The van der Waals surface area contributed by atoms with Crippen molar-refractivity contribution in [3.63, 3.8) is 0 Å². The van der Waals surface area contributed by atoms with E-state index >= 15 is 0 Å². The average Bonchev–Trinajstić information content (AvgIpc) is 2.04. The molecule has 0 aliphatic carbocycles. The third-order valence-electron chi connectivity index (χ3n) is 1.45. The van der Waals surface area contributed by atoms with Crippen molar-refractivity contribution >= 4 is 37.8 Å². The summed E-state index contributed by atoms with van der Waals surface area (Å²) in [6.07, 6.45) is 0. The minimum absolute atomic E-state index is 0.298. The third-order valence-corrected chi connectivity index (χ3v) is 2.99. The highest BCUT2D eigenvalue weighted by atomic mass is 79.9. The topological polar surface area (TPSA) is 37.3 Å². The van der Waals surface area contributed by atoms with Gasteiger partial charge in [0.1, 0.15) is 0 Å². The van der Waals surface area contributed by atoms with Gasteiger partial charge in [-0.15, -0.1) is 0 Å². The van der Waals surface area contributed by atoms with Gasteiger partial charge in [0.2, 0.25) is 0 Å². The molecule has 0 aliphatic heterocycles. The fourth-order valence-corrected chi connectivity index (χ4v) is 2.27. The summed E-state index contributed by atoms with van der Waals surface area (Å²) in [5, 5.41) is 9.39. The lowest BCUT2D eigenvalue weighted by Crippen LogP contribution is -1.98. The van der Waals surface area contributed by atoms with E-state index in [1.165, 1.54) is 0 Å². The van der Waals surface area contributed by atoms with Crippen molar-refractivity contribution in [1.29, 1.82) is 0 Å². The van der Waals surface area contributed by atoms with Crippen LogP contribution in [0.4, 0.5) is 0 Å². The maximum atomic E-state index is 10.6. The second kappa shape index (κ2) is 4.05. The molecule has 0 spiro atoms. The summed E-state index contributed by atoms with van der Waals surface area (Å²) in [4.78, 5) is 10.6. The molecule has 12 heavy (non-hydrogen) atoms. The van der Waals surface area contributed by atoms with Crippen LogP contribution in [-0.4, -0.2) is 11.1 Å². The van der Waals surface area contributed by atoms with E-state index in [1.54, 1.807) is 12.1 Å². The van der Waals surface area contributed by atoms with Gasteiger partial charge in [0.05, 0.1) is 5.56 Å². The van der Waals surface area contributed by atoms with Gasteiger partial charge in [-0.2, -0.15) is 0 Å². The Morgan fingerprint density at radius 2 is 2.17 bits per heavy atom. The molecular weight excluding hydrogens is 288 g/mol. The zero-order chi connectivity index (χ0) is 9.14. The molecule has 0 aliphatic rings. The lowest BCUT2D eigenvalue weighted by atomic mass is 10.1. The molecule has 0 fully saturated rings. The summed E-state index contributed by atoms with van der Waals surface area (Å²) >= 11 is 6.50. The first-order valence-electron chi connectivity index (χ1n) is 3.23. The van der Waals surface area contributed by atoms with E-state index in [-0.39, 0.29) is 0 Å². The van der Waals surface area contributed by atoms with E-state index in [0.29, 0.717) is 15.4 Å². The summed E-state index contributed by atoms with van der Waals surface area (Å²) in [5.74, 6) is -0.912. The van der Waals surface area contributed by atoms with Crippen molar-refractivity contribution in [2.24, 2.45) is 0 Å². The minimum atomic E-state index is -0.912. The number of halogens is 2. The van der Waals surface area contributed by atoms with Crippen molar-refractivity contribution in [2.75, 3.05) is 0 Å². The first kappa shape index (κ1) is 9.74. The van der Waals surface area contributed by atoms with Crippen LogP contribution in [-0.2, 0) is 5.33 Å². The number of carbonyl (C=O) groups is 1. The Bertz CT molecular complexity index is 310. The summed E-state index contributed by atoms with van der Waals surface area (Å²) in [7, 11) is 0. The Hall–Kier alpha value is -0.350. The zero-order valence-corrected chi connectivity index (χ0v) is 9.22. The Kier molecular flexibility index (Phi) is 3.29. The number of benzene rings is 1. The van der Waals surface area contributed by atoms with Crippen LogP contribution in [0.1, 0.15) is 15.9 Å². The summed E-state index contributed by atoms with van der Waals surface area (Å²) < 4.78 is 0.648. The van der Waals surface area contributed by atoms with Crippen LogP contribution >= 0.6 is 31.9 Å². The Morgan fingerprint density at radius 3 is 2.67 bits per heavy atom. The molecule has 0 unspecified atom stereocenters. The van der Waals surface area contributed by atoms with Crippen LogP contribution < -0.4 is 0 Å². The molecular formula is C8H6Br2O2. The molecule has 1 rings (SSSR count). The summed E-state index contributed by atoms with van der Waals surface area (Å²) in [5.41, 5.74) is 1.24. The largest absolute Gasteiger partial charge is 0.478 e. The number of hydrogen-bond donors (Lipinski definition) is 1. The van der Waals surface area contributed by atoms with Gasteiger partial charge in [-0.1, -0.05) is 28.1 Å². The molecule has 0 heterocycles. The van der Waals surface area contributed by atoms with E-state index in [0.717, 1.165) is 5.56 Å². The first-order valence-corrected chi connectivity index (χ1v) is 5.15. The highest BCUT2D eigenvalue weighted by molar-refractivity contribution is 9.10. The number of aromatic carboxylic acids is 1. The fraction of sp³-hybridized carbons (Fsp3) is 0.125. The molecule has 4 heteroatoms. The number of hydrogen-bond acceptors (Lipinski definition) is 1. The zero-order valence-electron chi connectivity index (χ0n) is 6.05. The van der Waals surface area contributed by atoms with Gasteiger partial charge in [-0.25, -0.2) is 4.79 Å². The second-order valence-corrected chi connectivity index (χ2v) is 3.57. The highest BCUT2D eigenvalue weighted by Crippen LogP contribution is 2.23. The van der Waals surface area contributed by atoms with Crippen molar-refractivity contribution in [3.05, 3.63) is 33.8 Å². The highest BCUT2D eigenvalue weighted by Gasteiger charge is 2.09. The van der Waals surface area contributed by atoms with Gasteiger partial charge in [0.25, 0.3) is 0 Å². The van der Waals surface area contributed by atoms with Crippen molar-refractivity contribution in [3.8, 4) is 0 Å². The number of carboxylic acids is 1. The van der Waals surface area contributed by atoms with Gasteiger partial charge in [0, 0.05) is 9.80 Å². The first-order chi connectivity index (χ1) is 5.66. The van der Waals surface area contributed by atoms with Crippen LogP contribution in [0.5, 0.6) is 0 Å². The Balaban J connectivity index is 3.23. The summed E-state index contributed by atoms with van der Waals surface area (Å²) in [6.45, 7) is 0. The normalized spacial score (nSPS) is 9.83. The minimum Gasteiger partial charge on any atom is -0.478 e. The van der Waals surface area contributed by atoms with E-state index < -0.39 is 5.97 Å². The molecule has 0 bridgehead atoms. The maximum absolute atomic E-state index is 10.6. The molecule has 1 N–H and O–H groups in total. The quantitative estimate of drug-likeness (QED) is 0.851. The van der Waals surface area contributed by atoms with Gasteiger partial charge in [-0.3, -0.25) is 0 Å². The standard InChI is InChI=1S/C8H6Br2O2/c9-4-5-2-1-3-6(7(5)10)8(11)12/h1-3H,4H2,(H,11,12). The van der Waals surface area contributed by atoms with Crippen LogP contribution in [0, 0.1) is 0 Å². The molecule has 0 radical (unpaired) electrons. The number of carboxylic acid groups (broad SMARTS) is 1. The molecule has 0 saturated heterocycles. The smallest absolute Gasteiger partial charge is 0.336 e. The molecule has 64 valence electrons. The summed E-state index contributed by atoms with van der Waals surface area (Å²) in [6, 6.07) is 5.16. The SMILES string of the molecule is O=C(O)c1cccc(CBr)c1Br. The number of rotatable bonds is 2. The van der Waals surface area contributed by atoms with Crippen LogP contribution in [0.3, 0.4) is 0 Å². The molecule has 1 aromatic rings. The van der Waals surface area contributed by atoms with Crippen LogP contribution in [0.2, 0.25) is 0 Å². The molecule has 2 nitrogen and oxygen atoms in total. The molecule has 0 aromatic heterocycles. The fourth-order valence-electron chi connectivity index (χ4n) is 0.848. The van der Waals surface area contributed by atoms with E-state index in [1.807, 2.05) is 6.07 Å².